The van der Waals surface area contributed by atoms with Crippen LogP contribution in [0.4, 0.5) is 0 Å². The minimum atomic E-state index is -0.843. The Hall–Kier alpha value is -1.94. The summed E-state index contributed by atoms with van der Waals surface area (Å²) in [5.74, 6) is -0.186. The van der Waals surface area contributed by atoms with Gasteiger partial charge in [-0.1, -0.05) is 25.5 Å². The predicted octanol–water partition coefficient (Wildman–Crippen LogP) is 3.13. The fourth-order valence-electron chi connectivity index (χ4n) is 2.46. The first-order valence-corrected chi connectivity index (χ1v) is 7.77. The van der Waals surface area contributed by atoms with E-state index in [-0.39, 0.29) is 12.5 Å². The van der Waals surface area contributed by atoms with Crippen molar-refractivity contribution in [1.29, 1.82) is 0 Å². The average molecular weight is 300 g/mol. The van der Waals surface area contributed by atoms with Gasteiger partial charge in [-0.25, -0.2) is 0 Å². The molecule has 0 aliphatic carbocycles. The van der Waals surface area contributed by atoms with Crippen LogP contribution < -0.4 is 5.32 Å². The van der Waals surface area contributed by atoms with Crippen molar-refractivity contribution in [1.82, 2.24) is 10.3 Å². The molecule has 0 unspecified atom stereocenters. The predicted molar refractivity (Wildman–Crippen MR) is 89.1 cm³/mol. The maximum Gasteiger partial charge on any atom is 0.253 e. The Kier molecular flexibility index (Phi) is 4.81. The molecule has 22 heavy (non-hydrogen) atoms. The topological polar surface area (TPSA) is 62.2 Å². The number of hydrogen-bond acceptors (Lipinski definition) is 3. The van der Waals surface area contributed by atoms with Crippen molar-refractivity contribution in [2.45, 2.75) is 46.1 Å². The summed E-state index contributed by atoms with van der Waals surface area (Å²) in [5.41, 5.74) is 2.44. The molecule has 0 bridgehead atoms. The van der Waals surface area contributed by atoms with Crippen LogP contribution in [0.5, 0.6) is 0 Å². The lowest BCUT2D eigenvalue weighted by Crippen LogP contribution is -2.42. The second-order valence-corrected chi connectivity index (χ2v) is 5.93. The van der Waals surface area contributed by atoms with Gasteiger partial charge >= 0.3 is 0 Å². The highest BCUT2D eigenvalue weighted by atomic mass is 16.3. The maximum atomic E-state index is 12.4. The van der Waals surface area contributed by atoms with Gasteiger partial charge in [-0.2, -0.15) is 0 Å². The summed E-state index contributed by atoms with van der Waals surface area (Å²) < 4.78 is 0. The first-order chi connectivity index (χ1) is 10.4. The maximum absolute atomic E-state index is 12.4. The smallest absolute Gasteiger partial charge is 0.253 e. The number of amides is 1. The van der Waals surface area contributed by atoms with Crippen molar-refractivity contribution in [3.05, 3.63) is 41.1 Å². The van der Waals surface area contributed by atoms with E-state index in [0.717, 1.165) is 16.5 Å². The molecule has 0 spiro atoms. The van der Waals surface area contributed by atoms with Gasteiger partial charge in [0.2, 0.25) is 0 Å². The molecule has 4 nitrogen and oxygen atoms in total. The summed E-state index contributed by atoms with van der Waals surface area (Å²) in [6.07, 6.45) is 1.22. The van der Waals surface area contributed by atoms with Crippen molar-refractivity contribution in [3.8, 4) is 0 Å². The second kappa shape index (κ2) is 6.44. The lowest BCUT2D eigenvalue weighted by atomic mass is 9.97. The minimum absolute atomic E-state index is 0.186. The number of carbonyl (C=O) groups is 1. The monoisotopic (exact) mass is 300 g/mol. The molecule has 2 aromatic rings. The molecule has 1 amide bonds. The van der Waals surface area contributed by atoms with E-state index in [0.29, 0.717) is 24.1 Å². The van der Waals surface area contributed by atoms with Gasteiger partial charge in [-0.15, -0.1) is 0 Å². The molecule has 1 aromatic heterocycles. The van der Waals surface area contributed by atoms with Gasteiger partial charge in [0.05, 0.1) is 22.4 Å². The number of nitrogens with zero attached hydrogens (tertiary/aromatic N) is 1. The van der Waals surface area contributed by atoms with Crippen LogP contribution in [0.25, 0.3) is 10.9 Å². The van der Waals surface area contributed by atoms with Gasteiger partial charge in [-0.05, 0) is 44.9 Å². The van der Waals surface area contributed by atoms with E-state index in [4.69, 9.17) is 0 Å². The van der Waals surface area contributed by atoms with E-state index < -0.39 is 5.60 Å². The first-order valence-electron chi connectivity index (χ1n) is 7.77. The van der Waals surface area contributed by atoms with Gasteiger partial charge in [0, 0.05) is 11.9 Å². The molecule has 118 valence electrons. The normalized spacial score (nSPS) is 11.7. The number of carbonyl (C=O) groups excluding carboxylic acids is 1. The summed E-state index contributed by atoms with van der Waals surface area (Å²) in [4.78, 5) is 16.9. The Bertz CT molecular complexity index is 691. The third-order valence-electron chi connectivity index (χ3n) is 4.30. The second-order valence-electron chi connectivity index (χ2n) is 5.93. The van der Waals surface area contributed by atoms with Crippen LogP contribution in [-0.4, -0.2) is 28.1 Å². The van der Waals surface area contributed by atoms with E-state index in [2.05, 4.69) is 10.3 Å². The van der Waals surface area contributed by atoms with Crippen LogP contribution in [-0.2, 0) is 0 Å². The highest BCUT2D eigenvalue weighted by Gasteiger charge is 2.23. The third-order valence-corrected chi connectivity index (χ3v) is 4.30. The number of hydrogen-bond donors (Lipinski definition) is 2. The number of nitrogens with one attached hydrogen (secondary N) is 1. The fraction of sp³-hybridized carbons (Fsp3) is 0.444. The molecule has 0 saturated carbocycles. The van der Waals surface area contributed by atoms with Crippen molar-refractivity contribution >= 4 is 16.8 Å². The van der Waals surface area contributed by atoms with Crippen molar-refractivity contribution in [2.75, 3.05) is 6.54 Å². The largest absolute Gasteiger partial charge is 0.388 e. The zero-order valence-electron chi connectivity index (χ0n) is 13.7. The van der Waals surface area contributed by atoms with E-state index in [1.54, 1.807) is 0 Å². The van der Waals surface area contributed by atoms with E-state index in [1.807, 2.05) is 52.0 Å². The Morgan fingerprint density at radius 2 is 1.91 bits per heavy atom. The van der Waals surface area contributed by atoms with E-state index in [1.165, 1.54) is 0 Å². The van der Waals surface area contributed by atoms with Crippen molar-refractivity contribution < 1.29 is 9.90 Å². The lowest BCUT2D eigenvalue weighted by Gasteiger charge is -2.25. The summed E-state index contributed by atoms with van der Waals surface area (Å²) in [7, 11) is 0. The Morgan fingerprint density at radius 1 is 1.23 bits per heavy atom. The van der Waals surface area contributed by atoms with Gasteiger partial charge in [0.1, 0.15) is 0 Å². The van der Waals surface area contributed by atoms with Gasteiger partial charge in [0.25, 0.3) is 5.91 Å². The molecule has 0 radical (unpaired) electrons. The summed E-state index contributed by atoms with van der Waals surface area (Å²) in [5, 5.41) is 14.1. The molecule has 2 N–H and O–H groups in total. The Morgan fingerprint density at radius 3 is 2.55 bits per heavy atom. The number of pyridine rings is 1. The van der Waals surface area contributed by atoms with Crippen LogP contribution in [0.2, 0.25) is 0 Å². The highest BCUT2D eigenvalue weighted by molar-refractivity contribution is 5.98. The van der Waals surface area contributed by atoms with Gasteiger partial charge in [-0.3, -0.25) is 9.78 Å². The van der Waals surface area contributed by atoms with Crippen LogP contribution in [0.1, 0.15) is 48.3 Å². The molecule has 0 aliphatic heterocycles. The van der Waals surface area contributed by atoms with Crippen LogP contribution >= 0.6 is 0 Å². The fourth-order valence-corrected chi connectivity index (χ4v) is 2.46. The molecule has 4 heteroatoms. The summed E-state index contributed by atoms with van der Waals surface area (Å²) >= 11 is 0. The van der Waals surface area contributed by atoms with Crippen LogP contribution in [0.3, 0.4) is 0 Å². The van der Waals surface area contributed by atoms with Crippen LogP contribution in [0.15, 0.2) is 24.3 Å². The summed E-state index contributed by atoms with van der Waals surface area (Å²) in [6.45, 7) is 7.94. The third kappa shape index (κ3) is 3.45. The molecule has 1 heterocycles. The first kappa shape index (κ1) is 16.4. The number of aryl methyl sites for hydroxylation is 2. The van der Waals surface area contributed by atoms with Crippen molar-refractivity contribution in [2.24, 2.45) is 0 Å². The molecule has 1 aromatic carbocycles. The quantitative estimate of drug-likeness (QED) is 0.891. The standard InChI is InChI=1S/C18H24N2O2/c1-5-18(22,6-2)11-19-17(21)15-10-14-9-12(3)7-8-16(14)20-13(15)4/h7-10,22H,5-6,11H2,1-4H3,(H,19,21). The number of aliphatic hydroxyl groups is 1. The lowest BCUT2D eigenvalue weighted by molar-refractivity contribution is 0.0314. The van der Waals surface area contributed by atoms with Crippen molar-refractivity contribution in [3.63, 3.8) is 0 Å². The average Bonchev–Trinajstić information content (AvgIpc) is 2.52. The van der Waals surface area contributed by atoms with E-state index in [9.17, 15) is 9.90 Å². The van der Waals surface area contributed by atoms with E-state index >= 15 is 0 Å². The highest BCUT2D eigenvalue weighted by Crippen LogP contribution is 2.19. The molecule has 2 rings (SSSR count). The molecule has 0 fully saturated rings. The molecule has 0 atom stereocenters. The Balaban J connectivity index is 2.26. The zero-order chi connectivity index (χ0) is 16.3. The molecule has 0 saturated heterocycles. The summed E-state index contributed by atoms with van der Waals surface area (Å²) in [6, 6.07) is 7.87. The number of aromatic nitrogens is 1. The molecule has 0 aliphatic rings. The molecular weight excluding hydrogens is 276 g/mol. The van der Waals surface area contributed by atoms with Crippen LogP contribution in [0, 0.1) is 13.8 Å². The Labute approximate surface area is 131 Å². The number of rotatable bonds is 5. The SMILES string of the molecule is CCC(O)(CC)CNC(=O)c1cc2cc(C)ccc2nc1C. The minimum Gasteiger partial charge on any atom is -0.388 e. The zero-order valence-corrected chi connectivity index (χ0v) is 13.7. The van der Waals surface area contributed by atoms with Gasteiger partial charge < -0.3 is 10.4 Å². The number of benzene rings is 1. The van der Waals surface area contributed by atoms with Gasteiger partial charge in [0.15, 0.2) is 0 Å². The number of fused-ring (bicyclic) bond motifs is 1. The molecular formula is C18H24N2O2.